The number of ether oxygens (including phenoxy) is 2. The second kappa shape index (κ2) is 11.8. The van der Waals surface area contributed by atoms with Gasteiger partial charge in [0.1, 0.15) is 11.6 Å². The monoisotopic (exact) mass is 512 g/mol. The maximum Gasteiger partial charge on any atom is 0.458 e. The highest BCUT2D eigenvalue weighted by molar-refractivity contribution is 5.86. The minimum absolute atomic E-state index is 0.0390. The highest BCUT2D eigenvalue weighted by Gasteiger charge is 2.24. The molecule has 192 valence electrons. The van der Waals surface area contributed by atoms with Crippen LogP contribution < -0.4 is 0 Å². The van der Waals surface area contributed by atoms with E-state index in [0.717, 1.165) is 29.5 Å². The summed E-state index contributed by atoms with van der Waals surface area (Å²) < 4.78 is 77.6. The number of halogens is 5. The van der Waals surface area contributed by atoms with Crippen molar-refractivity contribution in [2.75, 3.05) is 13.2 Å². The van der Waals surface area contributed by atoms with Crippen molar-refractivity contribution in [2.45, 2.75) is 45.1 Å². The molecule has 0 saturated carbocycles. The summed E-state index contributed by atoms with van der Waals surface area (Å²) in [6.07, 6.45) is -0.549. The number of alkyl halides is 3. The van der Waals surface area contributed by atoms with Crippen LogP contribution in [0.2, 0.25) is 0 Å². The van der Waals surface area contributed by atoms with Gasteiger partial charge in [-0.1, -0.05) is 62.1 Å². The Morgan fingerprint density at radius 3 is 2.22 bits per heavy atom. The summed E-state index contributed by atoms with van der Waals surface area (Å²) >= 11 is 0. The molecule has 0 N–H and O–H groups in total. The lowest BCUT2D eigenvalue weighted by molar-refractivity contribution is -0.206. The van der Waals surface area contributed by atoms with Gasteiger partial charge in [-0.3, -0.25) is 0 Å². The van der Waals surface area contributed by atoms with Crippen LogP contribution in [0.25, 0.3) is 10.8 Å². The molecule has 37 heavy (non-hydrogen) atoms. The van der Waals surface area contributed by atoms with E-state index in [9.17, 15) is 22.0 Å². The summed E-state index contributed by atoms with van der Waals surface area (Å²) in [5.74, 6) is 6.52. The van der Waals surface area contributed by atoms with Crippen LogP contribution in [0.5, 0.6) is 0 Å². The second-order valence-corrected chi connectivity index (χ2v) is 8.96. The molecule has 2 nitrogen and oxygen atoms in total. The molecule has 1 aliphatic rings. The number of fused-ring (bicyclic) bond motifs is 1. The van der Waals surface area contributed by atoms with Gasteiger partial charge in [0.05, 0.1) is 18.8 Å². The standard InChI is InChI=1S/C30H25F5O2/c1-2-3-4-5-22-18-36-29(37-19-22)23-11-8-20(9-12-23)6-7-21-10-13-25-24(16-21)17-27(31)26(28(25)32)14-15-30(33,34)35/h8-13,16-17,22,29H,2-5,18-19H2,1H3. The van der Waals surface area contributed by atoms with E-state index in [-0.39, 0.29) is 10.8 Å². The molecule has 1 saturated heterocycles. The third-order valence-corrected chi connectivity index (χ3v) is 6.07. The molecule has 3 aromatic carbocycles. The van der Waals surface area contributed by atoms with Gasteiger partial charge in [-0.15, -0.1) is 0 Å². The molecule has 0 amide bonds. The lowest BCUT2D eigenvalue weighted by atomic mass is 10.0. The lowest BCUT2D eigenvalue weighted by Crippen LogP contribution is -2.27. The van der Waals surface area contributed by atoms with E-state index in [1.807, 2.05) is 24.3 Å². The van der Waals surface area contributed by atoms with Crippen molar-refractivity contribution >= 4 is 10.8 Å². The summed E-state index contributed by atoms with van der Waals surface area (Å²) in [7, 11) is 0. The zero-order chi connectivity index (χ0) is 26.4. The molecule has 7 heteroatoms. The number of benzene rings is 3. The van der Waals surface area contributed by atoms with Crippen LogP contribution >= 0.6 is 0 Å². The third kappa shape index (κ3) is 7.10. The predicted molar refractivity (Wildman–Crippen MR) is 131 cm³/mol. The Bertz CT molecular complexity index is 1360. The fourth-order valence-corrected chi connectivity index (χ4v) is 4.11. The summed E-state index contributed by atoms with van der Waals surface area (Å²) in [5, 5.41) is 0.136. The third-order valence-electron chi connectivity index (χ3n) is 6.07. The summed E-state index contributed by atoms with van der Waals surface area (Å²) in [4.78, 5) is 0. The normalized spacial score (nSPS) is 17.6. The van der Waals surface area contributed by atoms with Crippen molar-refractivity contribution in [3.63, 3.8) is 0 Å². The highest BCUT2D eigenvalue weighted by atomic mass is 19.4. The molecule has 0 radical (unpaired) electrons. The molecular weight excluding hydrogens is 487 g/mol. The van der Waals surface area contributed by atoms with Crippen LogP contribution in [0.3, 0.4) is 0 Å². The maximum absolute atomic E-state index is 14.6. The van der Waals surface area contributed by atoms with Gasteiger partial charge in [0, 0.05) is 33.9 Å². The molecule has 4 rings (SSSR count). The smallest absolute Gasteiger partial charge is 0.348 e. The highest BCUT2D eigenvalue weighted by Crippen LogP contribution is 2.28. The van der Waals surface area contributed by atoms with Gasteiger partial charge in [0.25, 0.3) is 0 Å². The first-order valence-electron chi connectivity index (χ1n) is 12.1. The van der Waals surface area contributed by atoms with Crippen LogP contribution in [-0.4, -0.2) is 19.4 Å². The molecule has 1 heterocycles. The zero-order valence-electron chi connectivity index (χ0n) is 20.2. The van der Waals surface area contributed by atoms with E-state index in [1.54, 1.807) is 5.92 Å². The van der Waals surface area contributed by atoms with Gasteiger partial charge in [0.2, 0.25) is 0 Å². The van der Waals surface area contributed by atoms with Gasteiger partial charge in [-0.25, -0.2) is 8.78 Å². The van der Waals surface area contributed by atoms with Crippen LogP contribution in [0.1, 0.15) is 61.2 Å². The second-order valence-electron chi connectivity index (χ2n) is 8.96. The average Bonchev–Trinajstić information content (AvgIpc) is 2.87. The van der Waals surface area contributed by atoms with Crippen LogP contribution in [0.4, 0.5) is 22.0 Å². The van der Waals surface area contributed by atoms with E-state index in [1.165, 1.54) is 37.5 Å². The molecule has 0 bridgehead atoms. The van der Waals surface area contributed by atoms with Gasteiger partial charge < -0.3 is 9.47 Å². The minimum atomic E-state index is -4.85. The summed E-state index contributed by atoms with van der Waals surface area (Å²) in [6, 6.07) is 12.8. The summed E-state index contributed by atoms with van der Waals surface area (Å²) in [6.45, 7) is 3.53. The molecule has 0 aromatic heterocycles. The quantitative estimate of drug-likeness (QED) is 0.198. The summed E-state index contributed by atoms with van der Waals surface area (Å²) in [5.41, 5.74) is 1.21. The predicted octanol–water partition coefficient (Wildman–Crippen LogP) is 7.67. The Morgan fingerprint density at radius 1 is 0.865 bits per heavy atom. The first kappa shape index (κ1) is 26.7. The first-order chi connectivity index (χ1) is 17.7. The Morgan fingerprint density at radius 2 is 1.54 bits per heavy atom. The van der Waals surface area contributed by atoms with Gasteiger partial charge in [0.15, 0.2) is 6.29 Å². The van der Waals surface area contributed by atoms with Gasteiger partial charge in [-0.05, 0) is 42.1 Å². The molecule has 0 atom stereocenters. The van der Waals surface area contributed by atoms with Gasteiger partial charge >= 0.3 is 6.18 Å². The maximum atomic E-state index is 14.6. The SMILES string of the molecule is CCCCCC1COC(c2ccc(C#Cc3ccc4c(F)c(C#CC(F)(F)F)c(F)cc4c3)cc2)OC1. The fourth-order valence-electron chi connectivity index (χ4n) is 4.11. The van der Waals surface area contributed by atoms with Crippen LogP contribution in [0, 0.1) is 41.2 Å². The number of hydrogen-bond donors (Lipinski definition) is 0. The number of unbranched alkanes of at least 4 members (excludes halogenated alkanes) is 2. The lowest BCUT2D eigenvalue weighted by Gasteiger charge is -2.29. The Hall–Kier alpha value is -3.39. The van der Waals surface area contributed by atoms with Crippen LogP contribution in [-0.2, 0) is 9.47 Å². The van der Waals surface area contributed by atoms with E-state index in [2.05, 4.69) is 18.8 Å². The topological polar surface area (TPSA) is 18.5 Å². The molecule has 0 aliphatic carbocycles. The Kier molecular flexibility index (Phi) is 8.48. The van der Waals surface area contributed by atoms with Crippen molar-refractivity contribution < 1.29 is 31.4 Å². The largest absolute Gasteiger partial charge is 0.458 e. The number of rotatable bonds is 5. The van der Waals surface area contributed by atoms with Gasteiger partial charge in [-0.2, -0.15) is 13.2 Å². The molecule has 0 spiro atoms. The van der Waals surface area contributed by atoms with Crippen molar-refractivity contribution in [1.29, 1.82) is 0 Å². The van der Waals surface area contributed by atoms with E-state index in [4.69, 9.17) is 9.47 Å². The molecule has 1 fully saturated rings. The average molecular weight is 513 g/mol. The molecule has 1 aliphatic heterocycles. The fraction of sp³-hybridized carbons (Fsp3) is 0.333. The molecule has 0 unspecified atom stereocenters. The van der Waals surface area contributed by atoms with E-state index < -0.39 is 29.7 Å². The zero-order valence-corrected chi connectivity index (χ0v) is 20.2. The minimum Gasteiger partial charge on any atom is -0.348 e. The van der Waals surface area contributed by atoms with Crippen molar-refractivity contribution in [3.8, 4) is 23.7 Å². The van der Waals surface area contributed by atoms with Crippen LogP contribution in [0.15, 0.2) is 48.5 Å². The Balaban J connectivity index is 1.44. The molecular formula is C30H25F5O2. The van der Waals surface area contributed by atoms with Crippen molar-refractivity contribution in [3.05, 3.63) is 82.4 Å². The van der Waals surface area contributed by atoms with E-state index in [0.29, 0.717) is 24.7 Å². The molecule has 3 aromatic rings. The van der Waals surface area contributed by atoms with E-state index >= 15 is 0 Å². The first-order valence-corrected chi connectivity index (χ1v) is 12.1. The van der Waals surface area contributed by atoms with Crippen molar-refractivity contribution in [1.82, 2.24) is 0 Å². The Labute approximate surface area is 212 Å². The van der Waals surface area contributed by atoms with Crippen molar-refractivity contribution in [2.24, 2.45) is 5.92 Å². The number of hydrogen-bond acceptors (Lipinski definition) is 2.